The second-order valence-electron chi connectivity index (χ2n) is 5.50. The van der Waals surface area contributed by atoms with Crippen LogP contribution in [-0.4, -0.2) is 11.3 Å². The maximum absolute atomic E-state index is 5.23. The zero-order valence-corrected chi connectivity index (χ0v) is 14.2. The number of anilines is 1. The van der Waals surface area contributed by atoms with Crippen molar-refractivity contribution in [3.63, 3.8) is 0 Å². The van der Waals surface area contributed by atoms with Crippen LogP contribution in [0.15, 0.2) is 41.5 Å². The minimum atomic E-state index is 0.475. The highest BCUT2D eigenvalue weighted by molar-refractivity contribution is 7.80. The molecule has 0 unspecified atom stereocenters. The van der Waals surface area contributed by atoms with E-state index in [-0.39, 0.29) is 0 Å². The summed E-state index contributed by atoms with van der Waals surface area (Å²) in [5, 5.41) is 7.80. The van der Waals surface area contributed by atoms with Gasteiger partial charge in [-0.15, -0.1) is 0 Å². The first-order valence-electron chi connectivity index (χ1n) is 7.20. The predicted octanol–water partition coefficient (Wildman–Crippen LogP) is 4.24. The number of hydrazone groups is 1. The molecule has 0 aliphatic rings. The summed E-state index contributed by atoms with van der Waals surface area (Å²) in [6.07, 6.45) is 1.81. The van der Waals surface area contributed by atoms with Crippen LogP contribution < -0.4 is 10.7 Å². The molecule has 22 heavy (non-hydrogen) atoms. The number of hydrogen-bond donors (Lipinski definition) is 2. The number of hydrogen-bond acceptors (Lipinski definition) is 2. The van der Waals surface area contributed by atoms with Crippen LogP contribution in [0.25, 0.3) is 0 Å². The van der Waals surface area contributed by atoms with Crippen molar-refractivity contribution in [2.24, 2.45) is 5.10 Å². The van der Waals surface area contributed by atoms with E-state index in [9.17, 15) is 0 Å². The van der Waals surface area contributed by atoms with Gasteiger partial charge in [-0.25, -0.2) is 0 Å². The SMILES string of the molecule is Cc1ccc(NC(=S)N/N=C/c2c(C)cc(C)cc2C)cc1. The summed E-state index contributed by atoms with van der Waals surface area (Å²) in [7, 11) is 0. The van der Waals surface area contributed by atoms with Crippen molar-refractivity contribution < 1.29 is 0 Å². The smallest absolute Gasteiger partial charge is 0.191 e. The zero-order valence-electron chi connectivity index (χ0n) is 13.4. The molecule has 0 aliphatic heterocycles. The van der Waals surface area contributed by atoms with E-state index >= 15 is 0 Å². The van der Waals surface area contributed by atoms with Gasteiger partial charge in [-0.2, -0.15) is 5.10 Å². The lowest BCUT2D eigenvalue weighted by Crippen LogP contribution is -2.23. The lowest BCUT2D eigenvalue weighted by Gasteiger charge is -2.08. The summed E-state index contributed by atoms with van der Waals surface area (Å²) in [6, 6.07) is 12.3. The van der Waals surface area contributed by atoms with Gasteiger partial charge < -0.3 is 5.32 Å². The van der Waals surface area contributed by atoms with Gasteiger partial charge in [0, 0.05) is 11.3 Å². The van der Waals surface area contributed by atoms with Gasteiger partial charge in [0.1, 0.15) is 0 Å². The Bertz CT molecular complexity index is 680. The highest BCUT2D eigenvalue weighted by Gasteiger charge is 2.01. The second kappa shape index (κ2) is 7.18. The number of nitrogens with zero attached hydrogens (tertiary/aromatic N) is 1. The minimum Gasteiger partial charge on any atom is -0.331 e. The predicted molar refractivity (Wildman–Crippen MR) is 98.8 cm³/mol. The van der Waals surface area contributed by atoms with E-state index in [0.29, 0.717) is 5.11 Å². The molecule has 0 aliphatic carbocycles. The third-order valence-corrected chi connectivity index (χ3v) is 3.60. The lowest BCUT2D eigenvalue weighted by atomic mass is 10.0. The number of thiocarbonyl (C=S) groups is 1. The summed E-state index contributed by atoms with van der Waals surface area (Å²) in [5.41, 5.74) is 9.81. The van der Waals surface area contributed by atoms with Gasteiger partial charge in [0.25, 0.3) is 0 Å². The molecule has 0 spiro atoms. The van der Waals surface area contributed by atoms with Crippen LogP contribution in [0.3, 0.4) is 0 Å². The monoisotopic (exact) mass is 311 g/mol. The average molecular weight is 311 g/mol. The first-order chi connectivity index (χ1) is 10.5. The summed E-state index contributed by atoms with van der Waals surface area (Å²) in [4.78, 5) is 0. The molecule has 0 amide bonds. The van der Waals surface area contributed by atoms with Crippen molar-refractivity contribution in [3.05, 3.63) is 64.2 Å². The van der Waals surface area contributed by atoms with Crippen molar-refractivity contribution in [1.29, 1.82) is 0 Å². The number of nitrogens with one attached hydrogen (secondary N) is 2. The van der Waals surface area contributed by atoms with E-state index in [0.717, 1.165) is 11.3 Å². The van der Waals surface area contributed by atoms with Crippen molar-refractivity contribution >= 4 is 29.2 Å². The maximum Gasteiger partial charge on any atom is 0.191 e. The van der Waals surface area contributed by atoms with Crippen LogP contribution in [0.4, 0.5) is 5.69 Å². The molecule has 0 bridgehead atoms. The Hall–Kier alpha value is -2.20. The second-order valence-corrected chi connectivity index (χ2v) is 5.91. The third kappa shape index (κ3) is 4.40. The highest BCUT2D eigenvalue weighted by Crippen LogP contribution is 2.14. The van der Waals surface area contributed by atoms with Gasteiger partial charge in [-0.05, 0) is 63.2 Å². The number of benzene rings is 2. The Balaban J connectivity index is 1.97. The Labute approximate surface area is 137 Å². The largest absolute Gasteiger partial charge is 0.331 e. The van der Waals surface area contributed by atoms with Crippen molar-refractivity contribution in [3.8, 4) is 0 Å². The van der Waals surface area contributed by atoms with Crippen LogP contribution in [-0.2, 0) is 0 Å². The fourth-order valence-corrected chi connectivity index (χ4v) is 2.52. The molecule has 2 N–H and O–H groups in total. The Morgan fingerprint density at radius 2 is 1.55 bits per heavy atom. The fourth-order valence-electron chi connectivity index (χ4n) is 2.35. The van der Waals surface area contributed by atoms with E-state index < -0.39 is 0 Å². The molecular weight excluding hydrogens is 290 g/mol. The molecule has 0 saturated heterocycles. The van der Waals surface area contributed by atoms with Gasteiger partial charge in [0.05, 0.1) is 6.21 Å². The van der Waals surface area contributed by atoms with Crippen LogP contribution in [0.1, 0.15) is 27.8 Å². The number of rotatable bonds is 3. The van der Waals surface area contributed by atoms with E-state index in [4.69, 9.17) is 12.2 Å². The normalized spacial score (nSPS) is 10.7. The Kier molecular flexibility index (Phi) is 5.28. The van der Waals surface area contributed by atoms with Crippen LogP contribution in [0.2, 0.25) is 0 Å². The van der Waals surface area contributed by atoms with Crippen molar-refractivity contribution in [2.75, 3.05) is 5.32 Å². The van der Waals surface area contributed by atoms with E-state index in [2.05, 4.69) is 55.7 Å². The fraction of sp³-hybridized carbons (Fsp3) is 0.222. The highest BCUT2D eigenvalue weighted by atomic mass is 32.1. The van der Waals surface area contributed by atoms with Gasteiger partial charge in [0.2, 0.25) is 0 Å². The Morgan fingerprint density at radius 3 is 2.14 bits per heavy atom. The summed E-state index contributed by atoms with van der Waals surface area (Å²) in [5.74, 6) is 0. The molecule has 0 radical (unpaired) electrons. The topological polar surface area (TPSA) is 36.4 Å². The molecule has 2 aromatic rings. The molecular formula is C18H21N3S. The average Bonchev–Trinajstić information content (AvgIpc) is 2.44. The summed E-state index contributed by atoms with van der Waals surface area (Å²) < 4.78 is 0. The maximum atomic E-state index is 5.23. The third-order valence-electron chi connectivity index (χ3n) is 3.41. The zero-order chi connectivity index (χ0) is 16.1. The van der Waals surface area contributed by atoms with E-state index in [1.54, 1.807) is 0 Å². The van der Waals surface area contributed by atoms with E-state index in [1.165, 1.54) is 22.3 Å². The quantitative estimate of drug-likeness (QED) is 0.506. The van der Waals surface area contributed by atoms with Crippen molar-refractivity contribution in [2.45, 2.75) is 27.7 Å². The molecule has 2 aromatic carbocycles. The van der Waals surface area contributed by atoms with Crippen LogP contribution in [0.5, 0.6) is 0 Å². The first-order valence-corrected chi connectivity index (χ1v) is 7.61. The molecule has 0 heterocycles. The summed E-state index contributed by atoms with van der Waals surface area (Å²) in [6.45, 7) is 8.32. The molecule has 0 atom stereocenters. The standard InChI is InChI=1S/C18H21N3S/c1-12-5-7-16(8-6-12)20-18(22)21-19-11-17-14(3)9-13(2)10-15(17)4/h5-11H,1-4H3,(H2,20,21,22)/b19-11+. The van der Waals surface area contributed by atoms with Crippen LogP contribution in [0, 0.1) is 27.7 Å². The molecule has 0 aromatic heterocycles. The molecule has 2 rings (SSSR count). The van der Waals surface area contributed by atoms with Gasteiger partial charge >= 0.3 is 0 Å². The summed E-state index contributed by atoms with van der Waals surface area (Å²) >= 11 is 5.23. The van der Waals surface area contributed by atoms with Gasteiger partial charge in [-0.3, -0.25) is 5.43 Å². The van der Waals surface area contributed by atoms with E-state index in [1.807, 2.05) is 30.5 Å². The molecule has 0 saturated carbocycles. The lowest BCUT2D eigenvalue weighted by molar-refractivity contribution is 1.05. The molecule has 0 fully saturated rings. The molecule has 4 heteroatoms. The molecule has 3 nitrogen and oxygen atoms in total. The Morgan fingerprint density at radius 1 is 0.955 bits per heavy atom. The first kappa shape index (κ1) is 16.2. The van der Waals surface area contributed by atoms with Gasteiger partial charge in [-0.1, -0.05) is 35.4 Å². The van der Waals surface area contributed by atoms with Gasteiger partial charge in [0.15, 0.2) is 5.11 Å². The van der Waals surface area contributed by atoms with Crippen LogP contribution >= 0.6 is 12.2 Å². The molecule has 114 valence electrons. The number of aryl methyl sites for hydroxylation is 4. The minimum absolute atomic E-state index is 0.475. The van der Waals surface area contributed by atoms with Crippen molar-refractivity contribution in [1.82, 2.24) is 5.43 Å².